The summed E-state index contributed by atoms with van der Waals surface area (Å²) in [7, 11) is 3.89. The van der Waals surface area contributed by atoms with Crippen LogP contribution in [-0.2, 0) is 5.75 Å². The highest BCUT2D eigenvalue weighted by atomic mass is 32.2. The van der Waals surface area contributed by atoms with E-state index in [0.717, 1.165) is 11.6 Å². The number of furan rings is 1. The number of benzene rings is 1. The van der Waals surface area contributed by atoms with Crippen molar-refractivity contribution in [3.8, 4) is 17.3 Å². The molecule has 166 valence electrons. The average molecular weight is 473 g/mol. The number of para-hydroxylation sites is 1. The summed E-state index contributed by atoms with van der Waals surface area (Å²) in [6.45, 7) is 1.30. The number of thioether (sulfide) groups is 1. The summed E-state index contributed by atoms with van der Waals surface area (Å²) in [4.78, 5) is 18.7. The van der Waals surface area contributed by atoms with Gasteiger partial charge in [-0.25, -0.2) is 9.37 Å². The summed E-state index contributed by atoms with van der Waals surface area (Å²) in [6, 6.07) is 9.91. The predicted octanol–water partition coefficient (Wildman–Crippen LogP) is 3.71. The maximum absolute atomic E-state index is 14.6. The van der Waals surface area contributed by atoms with Gasteiger partial charge in [0.1, 0.15) is 16.5 Å². The van der Waals surface area contributed by atoms with E-state index >= 15 is 0 Å². The van der Waals surface area contributed by atoms with Crippen LogP contribution in [0.5, 0.6) is 0 Å². The lowest BCUT2D eigenvalue weighted by molar-refractivity contribution is 0.0946. The molecule has 0 saturated carbocycles. The number of carbonyl (C=O) groups excluding carboxylic acids is 1. The van der Waals surface area contributed by atoms with Gasteiger partial charge in [0.05, 0.1) is 17.7 Å². The largest absolute Gasteiger partial charge is 0.461 e. The van der Waals surface area contributed by atoms with Crippen LogP contribution in [0.3, 0.4) is 0 Å². The highest BCUT2D eigenvalue weighted by Crippen LogP contribution is 2.31. The van der Waals surface area contributed by atoms with E-state index in [1.165, 1.54) is 35.4 Å². The predicted molar refractivity (Wildman–Crippen MR) is 122 cm³/mol. The van der Waals surface area contributed by atoms with Crippen molar-refractivity contribution in [2.45, 2.75) is 10.9 Å². The van der Waals surface area contributed by atoms with E-state index in [4.69, 9.17) is 4.42 Å². The van der Waals surface area contributed by atoms with Crippen molar-refractivity contribution in [1.82, 2.24) is 30.0 Å². The number of aromatic nitrogens is 4. The zero-order valence-corrected chi connectivity index (χ0v) is 19.1. The van der Waals surface area contributed by atoms with E-state index in [1.807, 2.05) is 19.0 Å². The Kier molecular flexibility index (Phi) is 6.98. The Hall–Kier alpha value is -3.02. The van der Waals surface area contributed by atoms with Crippen molar-refractivity contribution in [2.24, 2.45) is 0 Å². The number of nitrogens with one attached hydrogen (secondary N) is 1. The van der Waals surface area contributed by atoms with Gasteiger partial charge in [-0.1, -0.05) is 23.9 Å². The van der Waals surface area contributed by atoms with Crippen molar-refractivity contribution >= 4 is 29.0 Å². The lowest BCUT2D eigenvalue weighted by atomic mass is 10.3. The van der Waals surface area contributed by atoms with E-state index < -0.39 is 5.82 Å². The number of thiazole rings is 1. The molecule has 3 aromatic heterocycles. The van der Waals surface area contributed by atoms with Gasteiger partial charge in [-0.05, 0) is 38.4 Å². The van der Waals surface area contributed by atoms with Crippen LogP contribution in [0.4, 0.5) is 4.39 Å². The van der Waals surface area contributed by atoms with Crippen molar-refractivity contribution in [3.05, 3.63) is 64.6 Å². The second-order valence-electron chi connectivity index (χ2n) is 7.04. The molecule has 0 saturated heterocycles. The van der Waals surface area contributed by atoms with Crippen molar-refractivity contribution in [3.63, 3.8) is 0 Å². The van der Waals surface area contributed by atoms with Gasteiger partial charge in [0.2, 0.25) is 5.82 Å². The zero-order valence-electron chi connectivity index (χ0n) is 17.5. The SMILES string of the molecule is CN(C)CCNC(=O)c1csc(CSc2nnc(-c3ccco3)n2-c2ccccc2F)n1. The second kappa shape index (κ2) is 10.1. The molecule has 0 radical (unpaired) electrons. The van der Waals surface area contributed by atoms with Crippen molar-refractivity contribution < 1.29 is 13.6 Å². The summed E-state index contributed by atoms with van der Waals surface area (Å²) >= 11 is 2.75. The van der Waals surface area contributed by atoms with Crippen LogP contribution in [0.1, 0.15) is 15.5 Å². The minimum Gasteiger partial charge on any atom is -0.461 e. The second-order valence-corrected chi connectivity index (χ2v) is 8.93. The van der Waals surface area contributed by atoms with E-state index in [1.54, 1.807) is 40.3 Å². The molecule has 1 aromatic carbocycles. The molecule has 1 amide bonds. The van der Waals surface area contributed by atoms with Crippen LogP contribution in [0, 0.1) is 5.82 Å². The van der Waals surface area contributed by atoms with Crippen LogP contribution in [0.15, 0.2) is 57.6 Å². The standard InChI is InChI=1S/C21H21FN6O2S2/c1-27(2)10-9-23-20(29)15-12-31-18(24-15)13-32-21-26-25-19(17-8-5-11-30-17)28(21)16-7-4-3-6-14(16)22/h3-8,11-12H,9-10,13H2,1-2H3,(H,23,29). The lowest BCUT2D eigenvalue weighted by Crippen LogP contribution is -2.31. The first kappa shape index (κ1) is 22.2. The number of hydrogen-bond acceptors (Lipinski definition) is 8. The number of carbonyl (C=O) groups is 1. The average Bonchev–Trinajstić information content (AvgIpc) is 3.52. The number of nitrogens with zero attached hydrogens (tertiary/aromatic N) is 5. The van der Waals surface area contributed by atoms with E-state index in [9.17, 15) is 9.18 Å². The minimum absolute atomic E-state index is 0.200. The maximum Gasteiger partial charge on any atom is 0.270 e. The summed E-state index contributed by atoms with van der Waals surface area (Å²) in [5.41, 5.74) is 0.711. The third-order valence-electron chi connectivity index (χ3n) is 4.42. The molecule has 1 N–H and O–H groups in total. The quantitative estimate of drug-likeness (QED) is 0.372. The number of amides is 1. The van der Waals surface area contributed by atoms with Crippen molar-refractivity contribution in [1.29, 1.82) is 0 Å². The van der Waals surface area contributed by atoms with Gasteiger partial charge in [0.15, 0.2) is 10.9 Å². The Balaban J connectivity index is 1.52. The Morgan fingerprint density at radius 3 is 2.84 bits per heavy atom. The lowest BCUT2D eigenvalue weighted by Gasteiger charge is -2.09. The van der Waals surface area contributed by atoms with Crippen LogP contribution in [0.2, 0.25) is 0 Å². The fourth-order valence-corrected chi connectivity index (χ4v) is 4.61. The molecule has 0 aliphatic rings. The van der Waals surface area contributed by atoms with Gasteiger partial charge in [0, 0.05) is 18.5 Å². The molecule has 0 bridgehead atoms. The first-order valence-corrected chi connectivity index (χ1v) is 11.6. The Morgan fingerprint density at radius 2 is 2.09 bits per heavy atom. The highest BCUT2D eigenvalue weighted by molar-refractivity contribution is 7.98. The third-order valence-corrected chi connectivity index (χ3v) is 6.39. The first-order chi connectivity index (χ1) is 15.5. The maximum atomic E-state index is 14.6. The molecule has 0 spiro atoms. The van der Waals surface area contributed by atoms with Crippen LogP contribution >= 0.6 is 23.1 Å². The normalized spacial score (nSPS) is 11.2. The Bertz CT molecular complexity index is 1190. The Morgan fingerprint density at radius 1 is 1.25 bits per heavy atom. The van der Waals surface area contributed by atoms with Gasteiger partial charge in [-0.2, -0.15) is 0 Å². The van der Waals surface area contributed by atoms with Crippen LogP contribution in [0.25, 0.3) is 17.3 Å². The molecule has 11 heteroatoms. The summed E-state index contributed by atoms with van der Waals surface area (Å²) in [5, 5.41) is 14.3. The monoisotopic (exact) mass is 472 g/mol. The molecule has 3 heterocycles. The van der Waals surface area contributed by atoms with E-state index in [0.29, 0.717) is 40.4 Å². The topological polar surface area (TPSA) is 89.1 Å². The van der Waals surface area contributed by atoms with Crippen molar-refractivity contribution in [2.75, 3.05) is 27.2 Å². The molecule has 0 fully saturated rings. The number of rotatable bonds is 9. The summed E-state index contributed by atoms with van der Waals surface area (Å²) in [5.74, 6) is 0.753. The molecular weight excluding hydrogens is 451 g/mol. The molecule has 8 nitrogen and oxygen atoms in total. The molecule has 0 aliphatic carbocycles. The zero-order chi connectivity index (χ0) is 22.5. The van der Waals surface area contributed by atoms with Gasteiger partial charge >= 0.3 is 0 Å². The molecule has 32 heavy (non-hydrogen) atoms. The molecular formula is C21H21FN6O2S2. The van der Waals surface area contributed by atoms with Gasteiger partial charge in [-0.3, -0.25) is 9.36 Å². The number of halogens is 1. The molecule has 0 atom stereocenters. The Labute approximate surface area is 192 Å². The molecule has 0 unspecified atom stereocenters. The third kappa shape index (κ3) is 5.06. The van der Waals surface area contributed by atoms with Crippen LogP contribution < -0.4 is 5.32 Å². The fourth-order valence-electron chi connectivity index (χ4n) is 2.87. The van der Waals surface area contributed by atoms with Gasteiger partial charge in [0.25, 0.3) is 5.91 Å². The summed E-state index contributed by atoms with van der Waals surface area (Å²) < 4.78 is 21.7. The minimum atomic E-state index is -0.395. The number of likely N-dealkylation sites (N-methyl/N-ethyl adjacent to an activating group) is 1. The smallest absolute Gasteiger partial charge is 0.270 e. The molecule has 0 aliphatic heterocycles. The van der Waals surface area contributed by atoms with Gasteiger partial charge < -0.3 is 14.6 Å². The molecule has 4 rings (SSSR count). The van der Waals surface area contributed by atoms with Gasteiger partial charge in [-0.15, -0.1) is 21.5 Å². The highest BCUT2D eigenvalue weighted by Gasteiger charge is 2.21. The number of hydrogen-bond donors (Lipinski definition) is 1. The van der Waals surface area contributed by atoms with Crippen LogP contribution in [-0.4, -0.2) is 57.7 Å². The fraction of sp³-hybridized carbons (Fsp3) is 0.238. The van der Waals surface area contributed by atoms with E-state index in [-0.39, 0.29) is 5.91 Å². The first-order valence-electron chi connectivity index (χ1n) is 9.77. The molecule has 4 aromatic rings. The summed E-state index contributed by atoms with van der Waals surface area (Å²) in [6.07, 6.45) is 1.53. The van der Waals surface area contributed by atoms with E-state index in [2.05, 4.69) is 20.5 Å².